The van der Waals surface area contributed by atoms with E-state index in [0.717, 1.165) is 37.0 Å². The third-order valence-corrected chi connectivity index (χ3v) is 4.12. The molecule has 0 radical (unpaired) electrons. The number of carbonyl (C=O) groups excluding carboxylic acids is 1. The second-order valence-electron chi connectivity index (χ2n) is 5.23. The minimum Gasteiger partial charge on any atom is -0.497 e. The van der Waals surface area contributed by atoms with Gasteiger partial charge in [-0.25, -0.2) is 0 Å². The first-order chi connectivity index (χ1) is 9.23. The Hall–Kier alpha value is -1.51. The third-order valence-electron chi connectivity index (χ3n) is 4.12. The van der Waals surface area contributed by atoms with Gasteiger partial charge in [0, 0.05) is 6.54 Å². The van der Waals surface area contributed by atoms with Gasteiger partial charge >= 0.3 is 0 Å². The van der Waals surface area contributed by atoms with Crippen molar-refractivity contribution in [1.29, 1.82) is 0 Å². The van der Waals surface area contributed by atoms with Gasteiger partial charge in [-0.2, -0.15) is 0 Å². The van der Waals surface area contributed by atoms with Gasteiger partial charge in [0.05, 0.1) is 12.5 Å². The predicted molar refractivity (Wildman–Crippen MR) is 76.4 cm³/mol. The standard InChI is InChI=1S/C16H23NO2/c1-3-17-15(18)16(11-5-4-6-12-16)13-7-9-14(19-2)10-8-13/h7-10H,3-6,11-12H2,1-2H3,(H,17,18). The Bertz CT molecular complexity index is 419. The van der Waals surface area contributed by atoms with Gasteiger partial charge in [-0.05, 0) is 37.5 Å². The largest absolute Gasteiger partial charge is 0.497 e. The SMILES string of the molecule is CCNC(=O)C1(c2ccc(OC)cc2)CCCCC1. The maximum atomic E-state index is 12.5. The highest BCUT2D eigenvalue weighted by Crippen LogP contribution is 2.40. The van der Waals surface area contributed by atoms with Crippen LogP contribution in [0.4, 0.5) is 0 Å². The molecule has 0 atom stereocenters. The fourth-order valence-corrected chi connectivity index (χ4v) is 3.04. The second kappa shape index (κ2) is 6.09. The zero-order valence-electron chi connectivity index (χ0n) is 11.9. The van der Waals surface area contributed by atoms with E-state index in [1.54, 1.807) is 7.11 Å². The number of carbonyl (C=O) groups is 1. The van der Waals surface area contributed by atoms with Crippen LogP contribution in [-0.2, 0) is 10.2 Å². The minimum atomic E-state index is -0.333. The Morgan fingerprint density at radius 2 is 1.84 bits per heavy atom. The summed E-state index contributed by atoms with van der Waals surface area (Å²) in [5.74, 6) is 1.02. The maximum Gasteiger partial charge on any atom is 0.230 e. The van der Waals surface area contributed by atoms with Crippen LogP contribution in [0.3, 0.4) is 0 Å². The molecule has 3 heteroatoms. The number of nitrogens with one attached hydrogen (secondary N) is 1. The molecule has 104 valence electrons. The summed E-state index contributed by atoms with van der Waals surface area (Å²) < 4.78 is 5.20. The maximum absolute atomic E-state index is 12.5. The first-order valence-electron chi connectivity index (χ1n) is 7.16. The molecule has 2 rings (SSSR count). The minimum absolute atomic E-state index is 0.180. The highest BCUT2D eigenvalue weighted by Gasteiger charge is 2.40. The number of methoxy groups -OCH3 is 1. The van der Waals surface area contributed by atoms with Crippen LogP contribution in [-0.4, -0.2) is 19.6 Å². The Balaban J connectivity index is 2.32. The van der Waals surface area contributed by atoms with Gasteiger partial charge in [-0.3, -0.25) is 4.79 Å². The van der Waals surface area contributed by atoms with E-state index in [9.17, 15) is 4.79 Å². The molecule has 1 N–H and O–H groups in total. The molecule has 1 saturated carbocycles. The van der Waals surface area contributed by atoms with E-state index in [2.05, 4.69) is 5.32 Å². The Morgan fingerprint density at radius 1 is 1.21 bits per heavy atom. The summed E-state index contributed by atoms with van der Waals surface area (Å²) in [7, 11) is 1.66. The number of ether oxygens (including phenoxy) is 1. The van der Waals surface area contributed by atoms with Crippen molar-refractivity contribution >= 4 is 5.91 Å². The number of likely N-dealkylation sites (N-methyl/N-ethyl adjacent to an activating group) is 1. The molecule has 1 aliphatic rings. The molecule has 0 spiro atoms. The lowest BCUT2D eigenvalue weighted by molar-refractivity contribution is -0.128. The summed E-state index contributed by atoms with van der Waals surface area (Å²) in [5, 5.41) is 3.01. The molecule has 1 aromatic carbocycles. The molecule has 1 aliphatic carbocycles. The van der Waals surface area contributed by atoms with Gasteiger partial charge in [0.25, 0.3) is 0 Å². The van der Waals surface area contributed by atoms with Crippen molar-refractivity contribution in [3.63, 3.8) is 0 Å². The molecule has 0 aromatic heterocycles. The summed E-state index contributed by atoms with van der Waals surface area (Å²) in [5.41, 5.74) is 0.791. The van der Waals surface area contributed by atoms with Crippen LogP contribution in [0.15, 0.2) is 24.3 Å². The summed E-state index contributed by atoms with van der Waals surface area (Å²) in [6.45, 7) is 2.67. The van der Waals surface area contributed by atoms with Gasteiger partial charge < -0.3 is 10.1 Å². The monoisotopic (exact) mass is 261 g/mol. The lowest BCUT2D eigenvalue weighted by atomic mass is 9.68. The highest BCUT2D eigenvalue weighted by molar-refractivity contribution is 5.88. The molecule has 0 aliphatic heterocycles. The summed E-state index contributed by atoms with van der Waals surface area (Å²) in [6, 6.07) is 7.98. The van der Waals surface area contributed by atoms with E-state index < -0.39 is 0 Å². The van der Waals surface area contributed by atoms with Gasteiger partial charge in [0.15, 0.2) is 0 Å². The quantitative estimate of drug-likeness (QED) is 0.904. The molecule has 19 heavy (non-hydrogen) atoms. The normalized spacial score (nSPS) is 17.8. The van der Waals surface area contributed by atoms with Crippen LogP contribution in [0.25, 0.3) is 0 Å². The molecule has 0 unspecified atom stereocenters. The van der Waals surface area contributed by atoms with Gasteiger partial charge in [0.1, 0.15) is 5.75 Å². The molecule has 1 aromatic rings. The van der Waals surface area contributed by atoms with Crippen LogP contribution in [0, 0.1) is 0 Å². The van der Waals surface area contributed by atoms with E-state index in [1.807, 2.05) is 31.2 Å². The van der Waals surface area contributed by atoms with E-state index >= 15 is 0 Å². The summed E-state index contributed by atoms with van der Waals surface area (Å²) >= 11 is 0. The van der Waals surface area contributed by atoms with Gasteiger partial charge in [-0.15, -0.1) is 0 Å². The summed E-state index contributed by atoms with van der Waals surface area (Å²) in [6.07, 6.45) is 5.39. The number of hydrogen-bond acceptors (Lipinski definition) is 2. The first-order valence-corrected chi connectivity index (χ1v) is 7.16. The number of amides is 1. The van der Waals surface area contributed by atoms with E-state index in [4.69, 9.17) is 4.74 Å². The van der Waals surface area contributed by atoms with E-state index in [1.165, 1.54) is 6.42 Å². The lowest BCUT2D eigenvalue weighted by Gasteiger charge is -2.36. The topological polar surface area (TPSA) is 38.3 Å². The van der Waals surface area contributed by atoms with Crippen molar-refractivity contribution in [3.05, 3.63) is 29.8 Å². The number of rotatable bonds is 4. The zero-order valence-corrected chi connectivity index (χ0v) is 11.9. The fourth-order valence-electron chi connectivity index (χ4n) is 3.04. The van der Waals surface area contributed by atoms with Crippen molar-refractivity contribution in [2.75, 3.05) is 13.7 Å². The zero-order chi connectivity index (χ0) is 13.7. The highest BCUT2D eigenvalue weighted by atomic mass is 16.5. The Morgan fingerprint density at radius 3 is 2.37 bits per heavy atom. The smallest absolute Gasteiger partial charge is 0.230 e. The van der Waals surface area contributed by atoms with Crippen molar-refractivity contribution < 1.29 is 9.53 Å². The predicted octanol–water partition coefficient (Wildman–Crippen LogP) is 3.03. The van der Waals surface area contributed by atoms with E-state index in [-0.39, 0.29) is 11.3 Å². The molecule has 0 heterocycles. The van der Waals surface area contributed by atoms with Gasteiger partial charge in [-0.1, -0.05) is 31.4 Å². The average Bonchev–Trinajstić information content (AvgIpc) is 2.48. The van der Waals surface area contributed by atoms with Crippen LogP contribution in [0.5, 0.6) is 5.75 Å². The lowest BCUT2D eigenvalue weighted by Crippen LogP contribution is -2.45. The number of benzene rings is 1. The van der Waals surface area contributed by atoms with Crippen molar-refractivity contribution in [2.24, 2.45) is 0 Å². The first kappa shape index (κ1) is 13.9. The van der Waals surface area contributed by atoms with Gasteiger partial charge in [0.2, 0.25) is 5.91 Å². The Labute approximate surface area is 115 Å². The molecular weight excluding hydrogens is 238 g/mol. The van der Waals surface area contributed by atoms with Crippen LogP contribution in [0.2, 0.25) is 0 Å². The molecular formula is C16H23NO2. The Kier molecular flexibility index (Phi) is 4.46. The van der Waals surface area contributed by atoms with Crippen molar-refractivity contribution in [3.8, 4) is 5.75 Å². The van der Waals surface area contributed by atoms with Crippen LogP contribution in [0.1, 0.15) is 44.6 Å². The number of hydrogen-bond donors (Lipinski definition) is 1. The average molecular weight is 261 g/mol. The molecule has 1 fully saturated rings. The van der Waals surface area contributed by atoms with Crippen molar-refractivity contribution in [1.82, 2.24) is 5.32 Å². The molecule has 0 saturated heterocycles. The third kappa shape index (κ3) is 2.75. The fraction of sp³-hybridized carbons (Fsp3) is 0.562. The second-order valence-corrected chi connectivity index (χ2v) is 5.23. The molecule has 0 bridgehead atoms. The molecule has 1 amide bonds. The van der Waals surface area contributed by atoms with E-state index in [0.29, 0.717) is 6.54 Å². The molecule has 3 nitrogen and oxygen atoms in total. The van der Waals surface area contributed by atoms with Crippen molar-refractivity contribution in [2.45, 2.75) is 44.4 Å². The van der Waals surface area contributed by atoms with Crippen LogP contribution >= 0.6 is 0 Å². The van der Waals surface area contributed by atoms with Crippen LogP contribution < -0.4 is 10.1 Å². The summed E-state index contributed by atoms with van der Waals surface area (Å²) in [4.78, 5) is 12.5.